The topological polar surface area (TPSA) is 53.4 Å². The van der Waals surface area contributed by atoms with Crippen LogP contribution < -0.4 is 0 Å². The summed E-state index contributed by atoms with van der Waals surface area (Å²) in [5, 5.41) is 10.3. The van der Waals surface area contributed by atoms with Crippen molar-refractivity contribution in [1.29, 1.82) is 0 Å². The molecular weight excluding hydrogens is 240 g/mol. The van der Waals surface area contributed by atoms with Gasteiger partial charge < -0.3 is 10.0 Å². The molecule has 1 unspecified atom stereocenters. The summed E-state index contributed by atoms with van der Waals surface area (Å²) in [6.07, 6.45) is 7.11. The molecule has 0 aromatic carbocycles. The number of amides is 1. The molecular formula is C15H20N2O2. The molecule has 1 spiro atoms. The van der Waals surface area contributed by atoms with Crippen LogP contribution >= 0.6 is 0 Å². The molecule has 4 nitrogen and oxygen atoms in total. The van der Waals surface area contributed by atoms with E-state index in [0.717, 1.165) is 38.8 Å². The zero-order chi connectivity index (χ0) is 13.5. The van der Waals surface area contributed by atoms with Gasteiger partial charge in [-0.1, -0.05) is 0 Å². The van der Waals surface area contributed by atoms with Gasteiger partial charge in [-0.05, 0) is 44.7 Å². The van der Waals surface area contributed by atoms with E-state index in [2.05, 4.69) is 4.98 Å². The number of carbonyl (C=O) groups excluding carboxylic acids is 1. The van der Waals surface area contributed by atoms with Gasteiger partial charge >= 0.3 is 0 Å². The third kappa shape index (κ3) is 1.94. The Balaban J connectivity index is 1.67. The Kier molecular flexibility index (Phi) is 2.86. The highest BCUT2D eigenvalue weighted by Gasteiger charge is 2.55. The van der Waals surface area contributed by atoms with Crippen molar-refractivity contribution in [2.75, 3.05) is 13.1 Å². The second-order valence-corrected chi connectivity index (χ2v) is 6.08. The van der Waals surface area contributed by atoms with Crippen LogP contribution in [-0.2, 0) is 0 Å². The lowest BCUT2D eigenvalue weighted by molar-refractivity contribution is -0.174. The molecule has 1 amide bonds. The van der Waals surface area contributed by atoms with Crippen molar-refractivity contribution in [2.24, 2.45) is 5.41 Å². The first-order valence-corrected chi connectivity index (χ1v) is 6.96. The van der Waals surface area contributed by atoms with E-state index in [0.29, 0.717) is 5.56 Å². The van der Waals surface area contributed by atoms with Crippen LogP contribution in [0.5, 0.6) is 0 Å². The van der Waals surface area contributed by atoms with Gasteiger partial charge in [-0.25, -0.2) is 0 Å². The summed E-state index contributed by atoms with van der Waals surface area (Å²) < 4.78 is 0. The summed E-state index contributed by atoms with van der Waals surface area (Å²) in [7, 11) is 0. The maximum Gasteiger partial charge on any atom is 0.253 e. The standard InChI is InChI=1S/C15H20N2O2/c1-14(19)4-5-15(14)6-10-17(11-7-15)13(18)12-2-8-16-9-3-12/h2-3,8-9,19H,4-7,10-11H2,1H3. The van der Waals surface area contributed by atoms with Crippen LogP contribution in [0.25, 0.3) is 0 Å². The normalized spacial score (nSPS) is 29.1. The molecule has 2 fully saturated rings. The SMILES string of the molecule is CC1(O)CCC12CCN(C(=O)c1ccncc1)CC2. The van der Waals surface area contributed by atoms with E-state index in [1.165, 1.54) is 0 Å². The van der Waals surface area contributed by atoms with Gasteiger partial charge in [0.15, 0.2) is 0 Å². The summed E-state index contributed by atoms with van der Waals surface area (Å²) in [6, 6.07) is 3.51. The average molecular weight is 260 g/mol. The Bertz CT molecular complexity index is 476. The minimum atomic E-state index is -0.529. The van der Waals surface area contributed by atoms with Crippen molar-refractivity contribution in [3.8, 4) is 0 Å². The molecule has 1 saturated heterocycles. The number of aliphatic hydroxyl groups is 1. The molecule has 102 valence electrons. The van der Waals surface area contributed by atoms with Crippen molar-refractivity contribution in [1.82, 2.24) is 9.88 Å². The Morgan fingerprint density at radius 2 is 1.84 bits per heavy atom. The van der Waals surface area contributed by atoms with Gasteiger partial charge in [0.1, 0.15) is 0 Å². The summed E-state index contributed by atoms with van der Waals surface area (Å²) in [5.74, 6) is 0.0798. The Labute approximate surface area is 113 Å². The van der Waals surface area contributed by atoms with Crippen molar-refractivity contribution < 1.29 is 9.90 Å². The van der Waals surface area contributed by atoms with Crippen LogP contribution in [0.15, 0.2) is 24.5 Å². The van der Waals surface area contributed by atoms with Gasteiger partial charge in [0, 0.05) is 36.5 Å². The number of likely N-dealkylation sites (tertiary alicyclic amines) is 1. The van der Waals surface area contributed by atoms with Crippen molar-refractivity contribution in [3.63, 3.8) is 0 Å². The molecule has 0 bridgehead atoms. The fraction of sp³-hybridized carbons (Fsp3) is 0.600. The fourth-order valence-corrected chi connectivity index (χ4v) is 3.44. The number of nitrogens with zero attached hydrogens (tertiary/aromatic N) is 2. The Morgan fingerprint density at radius 1 is 1.21 bits per heavy atom. The minimum absolute atomic E-state index is 0.0576. The largest absolute Gasteiger partial charge is 0.390 e. The number of pyridine rings is 1. The number of piperidine rings is 1. The molecule has 1 atom stereocenters. The summed E-state index contributed by atoms with van der Waals surface area (Å²) in [6.45, 7) is 3.44. The van der Waals surface area contributed by atoms with Crippen LogP contribution in [0, 0.1) is 5.41 Å². The smallest absolute Gasteiger partial charge is 0.253 e. The number of rotatable bonds is 1. The highest BCUT2D eigenvalue weighted by Crippen LogP contribution is 2.56. The van der Waals surface area contributed by atoms with E-state index in [9.17, 15) is 9.90 Å². The number of aromatic nitrogens is 1. The van der Waals surface area contributed by atoms with E-state index in [4.69, 9.17) is 0 Å². The van der Waals surface area contributed by atoms with Crippen LogP contribution in [0.2, 0.25) is 0 Å². The summed E-state index contributed by atoms with van der Waals surface area (Å²) >= 11 is 0. The predicted octanol–water partition coefficient (Wildman–Crippen LogP) is 1.85. The zero-order valence-corrected chi connectivity index (χ0v) is 11.3. The maximum atomic E-state index is 12.3. The van der Waals surface area contributed by atoms with Crippen molar-refractivity contribution >= 4 is 5.91 Å². The van der Waals surface area contributed by atoms with E-state index in [-0.39, 0.29) is 11.3 Å². The molecule has 1 aromatic rings. The maximum absolute atomic E-state index is 12.3. The van der Waals surface area contributed by atoms with Crippen LogP contribution in [0.1, 0.15) is 43.0 Å². The predicted molar refractivity (Wildman–Crippen MR) is 71.7 cm³/mol. The monoisotopic (exact) mass is 260 g/mol. The molecule has 2 heterocycles. The third-order valence-corrected chi connectivity index (χ3v) is 5.17. The van der Waals surface area contributed by atoms with Gasteiger partial charge in [0.25, 0.3) is 5.91 Å². The molecule has 2 aliphatic rings. The van der Waals surface area contributed by atoms with Crippen LogP contribution in [-0.4, -0.2) is 39.6 Å². The van der Waals surface area contributed by atoms with Gasteiger partial charge in [0.05, 0.1) is 5.60 Å². The quantitative estimate of drug-likeness (QED) is 0.838. The van der Waals surface area contributed by atoms with Crippen molar-refractivity contribution in [2.45, 2.75) is 38.2 Å². The van der Waals surface area contributed by atoms with Gasteiger partial charge in [-0.15, -0.1) is 0 Å². The summed E-state index contributed by atoms with van der Waals surface area (Å²) in [4.78, 5) is 18.1. The first kappa shape index (κ1) is 12.6. The van der Waals surface area contributed by atoms with Gasteiger partial charge in [-0.3, -0.25) is 9.78 Å². The molecule has 1 aliphatic carbocycles. The van der Waals surface area contributed by atoms with Crippen LogP contribution in [0.3, 0.4) is 0 Å². The Morgan fingerprint density at radius 3 is 2.32 bits per heavy atom. The first-order chi connectivity index (χ1) is 9.04. The van der Waals surface area contributed by atoms with Crippen LogP contribution in [0.4, 0.5) is 0 Å². The molecule has 0 radical (unpaired) electrons. The van der Waals surface area contributed by atoms with Gasteiger partial charge in [-0.2, -0.15) is 0 Å². The van der Waals surface area contributed by atoms with E-state index in [1.54, 1.807) is 24.5 Å². The lowest BCUT2D eigenvalue weighted by atomic mass is 9.53. The molecule has 1 aliphatic heterocycles. The average Bonchev–Trinajstić information content (AvgIpc) is 2.46. The lowest BCUT2D eigenvalue weighted by Crippen LogP contribution is -2.60. The Hall–Kier alpha value is -1.42. The molecule has 4 heteroatoms. The van der Waals surface area contributed by atoms with E-state index in [1.807, 2.05) is 11.8 Å². The van der Waals surface area contributed by atoms with E-state index >= 15 is 0 Å². The molecule has 1 saturated carbocycles. The number of hydrogen-bond acceptors (Lipinski definition) is 3. The highest BCUT2D eigenvalue weighted by atomic mass is 16.3. The number of hydrogen-bond donors (Lipinski definition) is 1. The van der Waals surface area contributed by atoms with Gasteiger partial charge in [0.2, 0.25) is 0 Å². The second-order valence-electron chi connectivity index (χ2n) is 6.08. The fourth-order valence-electron chi connectivity index (χ4n) is 3.44. The molecule has 3 rings (SSSR count). The minimum Gasteiger partial charge on any atom is -0.390 e. The van der Waals surface area contributed by atoms with Crippen molar-refractivity contribution in [3.05, 3.63) is 30.1 Å². The third-order valence-electron chi connectivity index (χ3n) is 5.17. The highest BCUT2D eigenvalue weighted by molar-refractivity contribution is 5.94. The summed E-state index contributed by atoms with van der Waals surface area (Å²) in [5.41, 5.74) is 0.229. The molecule has 19 heavy (non-hydrogen) atoms. The lowest BCUT2D eigenvalue weighted by Gasteiger charge is -2.58. The molecule has 1 aromatic heterocycles. The first-order valence-electron chi connectivity index (χ1n) is 6.96. The molecule has 1 N–H and O–H groups in total. The number of carbonyl (C=O) groups is 1. The van der Waals surface area contributed by atoms with E-state index < -0.39 is 5.60 Å². The second kappa shape index (κ2) is 4.30. The zero-order valence-electron chi connectivity index (χ0n) is 11.3.